The van der Waals surface area contributed by atoms with Crippen molar-refractivity contribution in [3.05, 3.63) is 142 Å². The summed E-state index contributed by atoms with van der Waals surface area (Å²) in [6.07, 6.45) is 11.4. The summed E-state index contributed by atoms with van der Waals surface area (Å²) in [5, 5.41) is 22.8. The lowest BCUT2D eigenvalue weighted by atomic mass is 9.94. The number of ether oxygens (including phenoxy) is 2. The first kappa shape index (κ1) is 53.2. The summed E-state index contributed by atoms with van der Waals surface area (Å²) in [6, 6.07) is 31.8. The molecule has 0 fully saturated rings. The summed E-state index contributed by atoms with van der Waals surface area (Å²) in [5.41, 5.74) is 10.2. The maximum atomic E-state index is 10.6. The number of benzene rings is 6. The number of rotatable bonds is 26. The molecule has 1 aromatic heterocycles. The van der Waals surface area contributed by atoms with Gasteiger partial charge in [0.05, 0.1) is 27.4 Å². The van der Waals surface area contributed by atoms with Crippen molar-refractivity contribution in [1.82, 2.24) is 0 Å². The monoisotopic (exact) mass is 1000 g/mol. The molecule has 0 spiro atoms. The van der Waals surface area contributed by atoms with Gasteiger partial charge in [0.25, 0.3) is 0 Å². The van der Waals surface area contributed by atoms with E-state index in [-0.39, 0.29) is 13.2 Å². The van der Waals surface area contributed by atoms with Gasteiger partial charge in [-0.15, -0.1) is 0 Å². The number of unbranched alkanes of at least 4 members (excludes halogenated alkanes) is 5. The molecule has 6 aromatic carbocycles. The third-order valence-electron chi connectivity index (χ3n) is 12.7. The fraction of sp³-hybridized carbons (Fsp3) is 0.390. The van der Waals surface area contributed by atoms with Gasteiger partial charge in [0.15, 0.2) is 0 Å². The van der Waals surface area contributed by atoms with Gasteiger partial charge in [-0.05, 0) is 171 Å². The first-order valence-electron chi connectivity index (χ1n) is 25.4. The van der Waals surface area contributed by atoms with Crippen molar-refractivity contribution in [1.29, 1.82) is 0 Å². The van der Waals surface area contributed by atoms with E-state index in [9.17, 15) is 10.2 Å². The van der Waals surface area contributed by atoms with Crippen molar-refractivity contribution >= 4 is 38.8 Å². The second kappa shape index (κ2) is 26.2. The molecule has 7 aromatic rings. The van der Waals surface area contributed by atoms with Gasteiger partial charge in [-0.1, -0.05) is 95.2 Å². The molecule has 0 bridgehead atoms. The van der Waals surface area contributed by atoms with Gasteiger partial charge in [0, 0.05) is 21.9 Å². The lowest BCUT2D eigenvalue weighted by molar-refractivity contribution is 0.281. The highest BCUT2D eigenvalue weighted by Gasteiger charge is 2.29. The second-order valence-electron chi connectivity index (χ2n) is 18.3. The summed E-state index contributed by atoms with van der Waals surface area (Å²) in [5.74, 6) is 3.68. The van der Waals surface area contributed by atoms with E-state index < -0.39 is 16.8 Å². The van der Waals surface area contributed by atoms with Crippen LogP contribution in [0.2, 0.25) is 0 Å². The second-order valence-corrected chi connectivity index (χ2v) is 20.3. The number of aliphatic hydroxyl groups excluding tert-OH is 2. The molecule has 7 rings (SSSR count). The van der Waals surface area contributed by atoms with Crippen LogP contribution in [0.15, 0.2) is 105 Å². The SMILES string of the molecule is CCCCCc1cc(OC)cc(-c2cc(OC)cc(CCCC)c2OP(Oc2ccc(C)cc2)Oc2ccc(C)cc2)c1Op1oc2c(CCCC)cc(CO)cc2c2cc(CO)cc(CCCC)c2o1. The van der Waals surface area contributed by atoms with E-state index in [1.54, 1.807) is 14.2 Å². The molecule has 0 saturated carbocycles. The van der Waals surface area contributed by atoms with Crippen molar-refractivity contribution in [2.24, 2.45) is 0 Å². The van der Waals surface area contributed by atoms with Gasteiger partial charge >= 0.3 is 16.8 Å². The zero-order chi connectivity index (χ0) is 50.3. The van der Waals surface area contributed by atoms with E-state index in [0.29, 0.717) is 69.6 Å². The maximum Gasteiger partial charge on any atom is 0.530 e. The predicted molar refractivity (Wildman–Crippen MR) is 289 cm³/mol. The molecule has 12 heteroatoms. The van der Waals surface area contributed by atoms with Crippen LogP contribution in [0.1, 0.15) is 130 Å². The van der Waals surface area contributed by atoms with Crippen LogP contribution in [0.4, 0.5) is 0 Å². The molecule has 0 aliphatic heterocycles. The molecular weight excluding hydrogens is 931 g/mol. The molecule has 2 N–H and O–H groups in total. The zero-order valence-corrected chi connectivity index (χ0v) is 44.7. The topological polar surface area (TPSA) is 122 Å². The summed E-state index contributed by atoms with van der Waals surface area (Å²) >= 11 is 0. The number of hydrogen-bond acceptors (Lipinski definition) is 10. The Labute approximate surface area is 422 Å². The predicted octanol–water partition coefficient (Wildman–Crippen LogP) is 16.9. The minimum absolute atomic E-state index is 0.133. The Hall–Kier alpha value is -5.63. The van der Waals surface area contributed by atoms with Crippen LogP contribution in [0.25, 0.3) is 33.1 Å². The first-order valence-corrected chi connectivity index (χ1v) is 27.6. The molecule has 1 heterocycles. The van der Waals surface area contributed by atoms with Crippen molar-refractivity contribution < 1.29 is 46.2 Å². The van der Waals surface area contributed by atoms with Gasteiger partial charge in [0.1, 0.15) is 45.7 Å². The average molecular weight is 1000 g/mol. The van der Waals surface area contributed by atoms with E-state index in [1.807, 2.05) is 105 Å². The van der Waals surface area contributed by atoms with Crippen LogP contribution >= 0.6 is 16.8 Å². The van der Waals surface area contributed by atoms with E-state index in [4.69, 9.17) is 36.0 Å². The molecule has 71 heavy (non-hydrogen) atoms. The molecule has 10 nitrogen and oxygen atoms in total. The highest BCUT2D eigenvalue weighted by molar-refractivity contribution is 7.43. The molecule has 0 aliphatic rings. The van der Waals surface area contributed by atoms with Crippen molar-refractivity contribution in [2.45, 2.75) is 138 Å². The highest BCUT2D eigenvalue weighted by Crippen LogP contribution is 2.53. The molecule has 0 saturated heterocycles. The fourth-order valence-corrected chi connectivity index (χ4v) is 10.9. The zero-order valence-electron chi connectivity index (χ0n) is 42.9. The average Bonchev–Trinajstić information content (AvgIpc) is 3.54. The quantitative estimate of drug-likeness (QED) is 0.0400. The Kier molecular flexibility index (Phi) is 19.6. The minimum atomic E-state index is -2.20. The van der Waals surface area contributed by atoms with Gasteiger partial charge in [0.2, 0.25) is 0 Å². The Morgan fingerprint density at radius 2 is 0.887 bits per heavy atom. The minimum Gasteiger partial charge on any atom is -0.497 e. The number of methoxy groups -OCH3 is 2. The van der Waals surface area contributed by atoms with E-state index in [1.165, 1.54) is 0 Å². The molecule has 0 aliphatic carbocycles. The molecule has 0 atom stereocenters. The van der Waals surface area contributed by atoms with E-state index >= 15 is 0 Å². The normalized spacial score (nSPS) is 11.4. The maximum absolute atomic E-state index is 10.6. The van der Waals surface area contributed by atoms with Crippen molar-refractivity contribution in [3.63, 3.8) is 0 Å². The van der Waals surface area contributed by atoms with Crippen LogP contribution in [-0.2, 0) is 38.9 Å². The van der Waals surface area contributed by atoms with E-state index in [2.05, 4.69) is 33.8 Å². The molecule has 0 unspecified atom stereocenters. The molecule has 0 radical (unpaired) electrons. The van der Waals surface area contributed by atoms with Crippen molar-refractivity contribution in [3.8, 4) is 45.6 Å². The molecule has 378 valence electrons. The van der Waals surface area contributed by atoms with Gasteiger partial charge in [-0.3, -0.25) is 0 Å². The lowest BCUT2D eigenvalue weighted by Gasteiger charge is -2.24. The Morgan fingerprint density at radius 3 is 1.32 bits per heavy atom. The highest BCUT2D eigenvalue weighted by atomic mass is 31.2. The number of hydrogen-bond donors (Lipinski definition) is 2. The standard InChI is InChI=1S/C59H72O10P2/c1-9-13-17-21-47-35-51(63-8)37-55(54-36-50(62-7)34-46(20-16-12-4)58(54)66-70(64-48-26-22-40(5)23-27-48)65-49-28-24-41(6)25-29-49)59(47)69-71-67-56-44(18-14-10-2)30-42(38-60)32-52(56)53-33-43(39-61)31-45(19-15-11-3)57(53)68-71/h22-37,60-61H,9-21,38-39H2,1-8H3. The number of aliphatic hydroxyl groups is 2. The summed E-state index contributed by atoms with van der Waals surface area (Å²) < 4.78 is 54.4. The fourth-order valence-electron chi connectivity index (χ4n) is 8.67. The Balaban J connectivity index is 1.53. The summed E-state index contributed by atoms with van der Waals surface area (Å²) in [4.78, 5) is 0. The molecular formula is C59H72O10P2. The van der Waals surface area contributed by atoms with Crippen LogP contribution in [0, 0.1) is 13.8 Å². The van der Waals surface area contributed by atoms with E-state index in [0.717, 1.165) is 126 Å². The van der Waals surface area contributed by atoms with Crippen LogP contribution in [0.5, 0.6) is 34.5 Å². The van der Waals surface area contributed by atoms with Crippen molar-refractivity contribution in [2.75, 3.05) is 14.2 Å². The Morgan fingerprint density at radius 1 is 0.465 bits per heavy atom. The first-order chi connectivity index (χ1) is 34.6. The summed E-state index contributed by atoms with van der Waals surface area (Å²) in [7, 11) is -0.942. The third kappa shape index (κ3) is 13.7. The smallest absolute Gasteiger partial charge is 0.497 e. The number of fused-ring (bicyclic) bond motifs is 3. The molecule has 0 amide bonds. The van der Waals surface area contributed by atoms with Crippen LogP contribution in [-0.4, -0.2) is 24.4 Å². The van der Waals surface area contributed by atoms with Gasteiger partial charge < -0.3 is 46.2 Å². The van der Waals surface area contributed by atoms with Crippen LogP contribution < -0.4 is 27.6 Å². The lowest BCUT2D eigenvalue weighted by Crippen LogP contribution is -2.06. The third-order valence-corrected chi connectivity index (χ3v) is 14.7. The van der Waals surface area contributed by atoms with Gasteiger partial charge in [-0.2, -0.15) is 0 Å². The van der Waals surface area contributed by atoms with Gasteiger partial charge in [-0.25, -0.2) is 0 Å². The Bertz CT molecular complexity index is 2750. The number of aryl methyl sites for hydroxylation is 6. The largest absolute Gasteiger partial charge is 0.530 e. The van der Waals surface area contributed by atoms with Crippen LogP contribution in [0.3, 0.4) is 0 Å². The summed E-state index contributed by atoms with van der Waals surface area (Å²) in [6.45, 7) is 12.5.